The molecule has 1 aromatic carbocycles. The molecule has 0 atom stereocenters. The maximum absolute atomic E-state index is 4.55. The van der Waals surface area contributed by atoms with E-state index in [0.717, 1.165) is 11.5 Å². The summed E-state index contributed by atoms with van der Waals surface area (Å²) in [7, 11) is 0. The van der Waals surface area contributed by atoms with Gasteiger partial charge in [0, 0.05) is 28.0 Å². The van der Waals surface area contributed by atoms with Crippen molar-refractivity contribution in [3.05, 3.63) is 78.1 Å². The number of nitrogens with one attached hydrogen (secondary N) is 1. The van der Waals surface area contributed by atoms with Gasteiger partial charge in [0.05, 0.1) is 12.2 Å². The molecular formula is C19H15N3S. The van der Waals surface area contributed by atoms with Crippen LogP contribution >= 0.6 is 11.3 Å². The number of fused-ring (bicyclic) bond motifs is 1. The molecule has 4 heteroatoms. The van der Waals surface area contributed by atoms with E-state index < -0.39 is 0 Å². The van der Waals surface area contributed by atoms with Crippen molar-refractivity contribution in [2.45, 2.75) is 6.54 Å². The van der Waals surface area contributed by atoms with Gasteiger partial charge in [-0.15, -0.1) is 11.3 Å². The topological polar surface area (TPSA) is 37.8 Å². The van der Waals surface area contributed by atoms with Crippen LogP contribution in [0.3, 0.4) is 0 Å². The largest absolute Gasteiger partial charge is 0.364 e. The summed E-state index contributed by atoms with van der Waals surface area (Å²) in [4.78, 5) is 8.90. The number of thiophene rings is 1. The average Bonchev–Trinajstić information content (AvgIpc) is 3.06. The molecule has 3 nitrogen and oxygen atoms in total. The van der Waals surface area contributed by atoms with Gasteiger partial charge in [-0.3, -0.25) is 4.98 Å². The smallest absolute Gasteiger partial charge is 0.135 e. The summed E-state index contributed by atoms with van der Waals surface area (Å²) in [6.07, 6.45) is 3.67. The van der Waals surface area contributed by atoms with Crippen molar-refractivity contribution < 1.29 is 0 Å². The lowest BCUT2D eigenvalue weighted by molar-refractivity contribution is 1.03. The van der Waals surface area contributed by atoms with Gasteiger partial charge in [0.15, 0.2) is 0 Å². The van der Waals surface area contributed by atoms with Crippen molar-refractivity contribution in [3.63, 3.8) is 0 Å². The van der Waals surface area contributed by atoms with E-state index in [0.29, 0.717) is 6.54 Å². The first-order valence-corrected chi connectivity index (χ1v) is 8.35. The summed E-state index contributed by atoms with van der Waals surface area (Å²) in [6, 6.07) is 18.4. The normalized spacial score (nSPS) is 10.8. The van der Waals surface area contributed by atoms with E-state index in [4.69, 9.17) is 0 Å². The summed E-state index contributed by atoms with van der Waals surface area (Å²) in [5.74, 6) is 0.910. The Labute approximate surface area is 138 Å². The Morgan fingerprint density at radius 1 is 0.870 bits per heavy atom. The van der Waals surface area contributed by atoms with Crippen molar-refractivity contribution in [1.82, 2.24) is 9.97 Å². The molecule has 0 saturated carbocycles. The Morgan fingerprint density at radius 2 is 1.74 bits per heavy atom. The van der Waals surface area contributed by atoms with E-state index >= 15 is 0 Å². The van der Waals surface area contributed by atoms with Crippen LogP contribution in [-0.2, 0) is 6.54 Å². The second-order valence-electron chi connectivity index (χ2n) is 5.22. The third-order valence-corrected chi connectivity index (χ3v) is 4.68. The van der Waals surface area contributed by atoms with Crippen molar-refractivity contribution in [2.75, 3.05) is 5.32 Å². The Morgan fingerprint density at radius 3 is 2.57 bits per heavy atom. The molecule has 3 heterocycles. The van der Waals surface area contributed by atoms with E-state index in [1.165, 1.54) is 21.2 Å². The van der Waals surface area contributed by atoms with Crippen molar-refractivity contribution in [1.29, 1.82) is 0 Å². The third kappa shape index (κ3) is 2.81. The first-order valence-electron chi connectivity index (χ1n) is 7.47. The van der Waals surface area contributed by atoms with Crippen LogP contribution in [0.15, 0.2) is 72.4 Å². The maximum atomic E-state index is 4.55. The second kappa shape index (κ2) is 6.18. The van der Waals surface area contributed by atoms with Gasteiger partial charge in [0.2, 0.25) is 0 Å². The van der Waals surface area contributed by atoms with Crippen LogP contribution in [0.1, 0.15) is 5.69 Å². The number of hydrogen-bond donors (Lipinski definition) is 1. The highest BCUT2D eigenvalue weighted by molar-refractivity contribution is 7.17. The second-order valence-corrected chi connectivity index (χ2v) is 6.13. The average molecular weight is 317 g/mol. The van der Waals surface area contributed by atoms with Crippen LogP contribution in [0.2, 0.25) is 0 Å². The fourth-order valence-electron chi connectivity index (χ4n) is 2.63. The van der Waals surface area contributed by atoms with Gasteiger partial charge in [0.1, 0.15) is 5.82 Å². The Kier molecular flexibility index (Phi) is 3.74. The number of pyridine rings is 2. The lowest BCUT2D eigenvalue weighted by Crippen LogP contribution is -2.03. The monoisotopic (exact) mass is 317 g/mol. The summed E-state index contributed by atoms with van der Waals surface area (Å²) < 4.78 is 1.24. The van der Waals surface area contributed by atoms with Crippen molar-refractivity contribution in [3.8, 4) is 11.1 Å². The first kappa shape index (κ1) is 13.9. The molecule has 112 valence electrons. The van der Waals surface area contributed by atoms with Crippen LogP contribution in [0, 0.1) is 0 Å². The molecule has 0 aliphatic rings. The van der Waals surface area contributed by atoms with Crippen LogP contribution in [-0.4, -0.2) is 9.97 Å². The Bertz CT molecular complexity index is 917. The van der Waals surface area contributed by atoms with Gasteiger partial charge in [-0.25, -0.2) is 4.98 Å². The molecule has 0 unspecified atom stereocenters. The minimum Gasteiger partial charge on any atom is -0.364 e. The van der Waals surface area contributed by atoms with Gasteiger partial charge in [0.25, 0.3) is 0 Å². The predicted octanol–water partition coefficient (Wildman–Crippen LogP) is 4.97. The Balaban J connectivity index is 1.73. The molecule has 1 N–H and O–H groups in total. The zero-order chi connectivity index (χ0) is 15.5. The third-order valence-electron chi connectivity index (χ3n) is 3.73. The highest BCUT2D eigenvalue weighted by atomic mass is 32.1. The molecule has 0 radical (unpaired) electrons. The highest BCUT2D eigenvalue weighted by Gasteiger charge is 2.11. The van der Waals surface area contributed by atoms with E-state index in [-0.39, 0.29) is 0 Å². The standard InChI is InChI=1S/C19H15N3S/c1-2-6-14(7-3-1)16-13-23-17-9-11-21-19(18(16)17)22-12-15-8-4-5-10-20-15/h1-11,13H,12H2,(H,21,22). The van der Waals surface area contributed by atoms with E-state index in [1.54, 1.807) is 11.3 Å². The molecule has 0 saturated heterocycles. The minimum absolute atomic E-state index is 0.664. The zero-order valence-electron chi connectivity index (χ0n) is 12.4. The van der Waals surface area contributed by atoms with Gasteiger partial charge in [-0.05, 0) is 29.1 Å². The van der Waals surface area contributed by atoms with Crippen molar-refractivity contribution in [2.24, 2.45) is 0 Å². The molecule has 4 rings (SSSR count). The van der Waals surface area contributed by atoms with Crippen LogP contribution in [0.25, 0.3) is 21.2 Å². The molecule has 0 aliphatic heterocycles. The lowest BCUT2D eigenvalue weighted by atomic mass is 10.1. The molecule has 0 spiro atoms. The number of hydrogen-bond acceptors (Lipinski definition) is 4. The minimum atomic E-state index is 0.664. The van der Waals surface area contributed by atoms with Gasteiger partial charge < -0.3 is 5.32 Å². The Hall–Kier alpha value is -2.72. The summed E-state index contributed by atoms with van der Waals surface area (Å²) in [5, 5.41) is 6.82. The number of aromatic nitrogens is 2. The van der Waals surface area contributed by atoms with Crippen LogP contribution in [0.4, 0.5) is 5.82 Å². The SMILES string of the molecule is c1ccc(-c2csc3ccnc(NCc4ccccn4)c23)cc1. The molecule has 0 amide bonds. The molecule has 23 heavy (non-hydrogen) atoms. The lowest BCUT2D eigenvalue weighted by Gasteiger charge is -2.08. The summed E-state index contributed by atoms with van der Waals surface area (Å²) in [5.41, 5.74) is 3.44. The molecule has 0 bridgehead atoms. The van der Waals surface area contributed by atoms with Crippen molar-refractivity contribution >= 4 is 27.2 Å². The van der Waals surface area contributed by atoms with E-state index in [2.05, 4.69) is 51.0 Å². The maximum Gasteiger partial charge on any atom is 0.135 e. The van der Waals surface area contributed by atoms with Crippen LogP contribution in [0.5, 0.6) is 0 Å². The quantitative estimate of drug-likeness (QED) is 0.577. The molecule has 0 fully saturated rings. The van der Waals surface area contributed by atoms with E-state index in [9.17, 15) is 0 Å². The number of rotatable bonds is 4. The fourth-order valence-corrected chi connectivity index (χ4v) is 3.59. The van der Waals surface area contributed by atoms with Gasteiger partial charge in [-0.2, -0.15) is 0 Å². The molecular weight excluding hydrogens is 302 g/mol. The first-order chi connectivity index (χ1) is 11.4. The highest BCUT2D eigenvalue weighted by Crippen LogP contribution is 2.37. The number of anilines is 1. The van der Waals surface area contributed by atoms with Crippen LogP contribution < -0.4 is 5.32 Å². The number of benzene rings is 1. The molecule has 3 aromatic heterocycles. The number of nitrogens with zero attached hydrogens (tertiary/aromatic N) is 2. The predicted molar refractivity (Wildman–Crippen MR) is 96.6 cm³/mol. The fraction of sp³-hybridized carbons (Fsp3) is 0.0526. The molecule has 0 aliphatic carbocycles. The van der Waals surface area contributed by atoms with Gasteiger partial charge >= 0.3 is 0 Å². The summed E-state index contributed by atoms with van der Waals surface area (Å²) >= 11 is 1.75. The molecule has 4 aromatic rings. The summed E-state index contributed by atoms with van der Waals surface area (Å²) in [6.45, 7) is 0.664. The van der Waals surface area contributed by atoms with E-state index in [1.807, 2.05) is 36.7 Å². The zero-order valence-corrected chi connectivity index (χ0v) is 13.3. The van der Waals surface area contributed by atoms with Gasteiger partial charge in [-0.1, -0.05) is 36.4 Å².